The van der Waals surface area contributed by atoms with E-state index in [0.29, 0.717) is 32.3 Å². The van der Waals surface area contributed by atoms with Crippen molar-refractivity contribution in [1.29, 1.82) is 0 Å². The van der Waals surface area contributed by atoms with Crippen LogP contribution < -0.4 is 16.0 Å². The number of hydrogen-bond acceptors (Lipinski definition) is 7. The van der Waals surface area contributed by atoms with Gasteiger partial charge in [-0.2, -0.15) is 18.2 Å². The van der Waals surface area contributed by atoms with E-state index in [9.17, 15) is 27.5 Å². The second-order valence-corrected chi connectivity index (χ2v) is 8.41. The van der Waals surface area contributed by atoms with Gasteiger partial charge in [0, 0.05) is 37.6 Å². The summed E-state index contributed by atoms with van der Waals surface area (Å²) in [5.74, 6) is -2.79. The van der Waals surface area contributed by atoms with Crippen LogP contribution in [0, 0.1) is 5.82 Å². The molecule has 1 saturated heterocycles. The number of amides is 1. The summed E-state index contributed by atoms with van der Waals surface area (Å²) < 4.78 is 60.0. The SMILES string of the molecule is O=C(NC1CCOCC1)c1cc(Nc2ncc(C(F)(F)F)c(NC3CCCC3)n2)c(O)cc1F. The smallest absolute Gasteiger partial charge is 0.421 e. The third kappa shape index (κ3) is 5.66. The first kappa shape index (κ1) is 24.0. The van der Waals surface area contributed by atoms with Gasteiger partial charge in [-0.25, -0.2) is 9.37 Å². The maximum atomic E-state index is 14.4. The number of phenolic OH excluding ortho intramolecular Hbond substituents is 1. The van der Waals surface area contributed by atoms with Crippen molar-refractivity contribution in [2.75, 3.05) is 23.8 Å². The molecule has 0 bridgehead atoms. The molecule has 4 rings (SSSR count). The number of benzene rings is 1. The number of carbonyl (C=O) groups excluding carboxylic acids is 1. The van der Waals surface area contributed by atoms with Crippen LogP contribution in [0.1, 0.15) is 54.4 Å². The number of halogens is 4. The fourth-order valence-corrected chi connectivity index (χ4v) is 4.09. The summed E-state index contributed by atoms with van der Waals surface area (Å²) in [5, 5.41) is 18.3. The van der Waals surface area contributed by atoms with E-state index in [1.807, 2.05) is 0 Å². The number of aromatic nitrogens is 2. The number of nitrogens with zero attached hydrogens (tertiary/aromatic N) is 2. The van der Waals surface area contributed by atoms with Crippen LogP contribution in [0.25, 0.3) is 0 Å². The summed E-state index contributed by atoms with van der Waals surface area (Å²) in [6.45, 7) is 0.969. The zero-order chi connectivity index (χ0) is 24.3. The molecule has 2 aromatic rings. The molecule has 0 radical (unpaired) electrons. The van der Waals surface area contributed by atoms with Gasteiger partial charge in [-0.05, 0) is 31.7 Å². The minimum absolute atomic E-state index is 0.120. The summed E-state index contributed by atoms with van der Waals surface area (Å²) in [6, 6.07) is 1.52. The summed E-state index contributed by atoms with van der Waals surface area (Å²) >= 11 is 0. The first-order chi connectivity index (χ1) is 16.2. The fourth-order valence-electron chi connectivity index (χ4n) is 4.09. The topological polar surface area (TPSA) is 108 Å². The number of nitrogens with one attached hydrogen (secondary N) is 3. The predicted molar refractivity (Wildman–Crippen MR) is 116 cm³/mol. The van der Waals surface area contributed by atoms with E-state index >= 15 is 0 Å². The van der Waals surface area contributed by atoms with Gasteiger partial charge in [0.25, 0.3) is 5.91 Å². The highest BCUT2D eigenvalue weighted by atomic mass is 19.4. The van der Waals surface area contributed by atoms with Gasteiger partial charge in [-0.1, -0.05) is 12.8 Å². The van der Waals surface area contributed by atoms with Crippen molar-refractivity contribution in [1.82, 2.24) is 15.3 Å². The molecule has 1 aliphatic heterocycles. The molecule has 2 heterocycles. The molecule has 0 unspecified atom stereocenters. The second kappa shape index (κ2) is 10.00. The van der Waals surface area contributed by atoms with Crippen molar-refractivity contribution >= 4 is 23.4 Å². The monoisotopic (exact) mass is 483 g/mol. The molecule has 12 heteroatoms. The van der Waals surface area contributed by atoms with Crippen LogP contribution >= 0.6 is 0 Å². The van der Waals surface area contributed by atoms with E-state index in [-0.39, 0.29) is 35.1 Å². The van der Waals surface area contributed by atoms with E-state index in [4.69, 9.17) is 4.74 Å². The fraction of sp³-hybridized carbons (Fsp3) is 0.500. The third-order valence-electron chi connectivity index (χ3n) is 5.92. The zero-order valence-corrected chi connectivity index (χ0v) is 18.2. The quantitative estimate of drug-likeness (QED) is 0.357. The lowest BCUT2D eigenvalue weighted by molar-refractivity contribution is -0.137. The van der Waals surface area contributed by atoms with Crippen LogP contribution in [0.3, 0.4) is 0 Å². The van der Waals surface area contributed by atoms with Crippen molar-refractivity contribution in [2.24, 2.45) is 0 Å². The van der Waals surface area contributed by atoms with Crippen LogP contribution in [-0.2, 0) is 10.9 Å². The Kier molecular flexibility index (Phi) is 7.05. The van der Waals surface area contributed by atoms with Crippen LogP contribution in [-0.4, -0.2) is 46.3 Å². The minimum Gasteiger partial charge on any atom is -0.506 e. The lowest BCUT2D eigenvalue weighted by Crippen LogP contribution is -2.39. The lowest BCUT2D eigenvalue weighted by atomic mass is 10.1. The average Bonchev–Trinajstić information content (AvgIpc) is 3.28. The Morgan fingerprint density at radius 3 is 2.47 bits per heavy atom. The number of aromatic hydroxyl groups is 1. The Labute approximate surface area is 193 Å². The maximum absolute atomic E-state index is 14.4. The summed E-state index contributed by atoms with van der Waals surface area (Å²) in [4.78, 5) is 20.2. The number of anilines is 3. The van der Waals surface area contributed by atoms with E-state index < -0.39 is 29.2 Å². The Morgan fingerprint density at radius 1 is 1.09 bits per heavy atom. The number of alkyl halides is 3. The standard InChI is InChI=1S/C22H25F4N5O3/c23-16-10-18(32)17(9-14(16)20(33)29-13-5-7-34-8-6-13)30-21-27-11-15(22(24,25)26)19(31-21)28-12-3-1-2-4-12/h9-13,32H,1-8H2,(H,29,33)(H2,27,28,30,31). The van der Waals surface area contributed by atoms with Gasteiger partial charge in [0.15, 0.2) is 0 Å². The van der Waals surface area contributed by atoms with Crippen LogP contribution in [0.5, 0.6) is 5.75 Å². The lowest BCUT2D eigenvalue weighted by Gasteiger charge is -2.23. The third-order valence-corrected chi connectivity index (χ3v) is 5.92. The molecule has 2 aliphatic rings. The minimum atomic E-state index is -4.66. The zero-order valence-electron chi connectivity index (χ0n) is 18.2. The molecule has 0 spiro atoms. The molecule has 1 amide bonds. The number of phenols is 1. The summed E-state index contributed by atoms with van der Waals surface area (Å²) in [5.41, 5.74) is -1.46. The van der Waals surface area contributed by atoms with Crippen LogP contribution in [0.4, 0.5) is 35.0 Å². The Bertz CT molecular complexity index is 1040. The van der Waals surface area contributed by atoms with Crippen LogP contribution in [0.2, 0.25) is 0 Å². The summed E-state index contributed by atoms with van der Waals surface area (Å²) in [7, 11) is 0. The van der Waals surface area contributed by atoms with Gasteiger partial charge in [0.05, 0.1) is 11.3 Å². The van der Waals surface area contributed by atoms with Crippen molar-refractivity contribution in [2.45, 2.75) is 56.8 Å². The largest absolute Gasteiger partial charge is 0.506 e. The highest BCUT2D eigenvalue weighted by Crippen LogP contribution is 2.36. The van der Waals surface area contributed by atoms with Crippen LogP contribution in [0.15, 0.2) is 18.3 Å². The Hall–Kier alpha value is -3.15. The molecular formula is C22H25F4N5O3. The van der Waals surface area contributed by atoms with Gasteiger partial charge in [-0.3, -0.25) is 4.79 Å². The molecule has 8 nitrogen and oxygen atoms in total. The number of rotatable bonds is 6. The van der Waals surface area contributed by atoms with E-state index in [2.05, 4.69) is 25.9 Å². The predicted octanol–water partition coefficient (Wildman–Crippen LogP) is 4.35. The second-order valence-electron chi connectivity index (χ2n) is 8.41. The molecule has 1 aliphatic carbocycles. The first-order valence-electron chi connectivity index (χ1n) is 11.1. The highest BCUT2D eigenvalue weighted by Gasteiger charge is 2.36. The molecule has 4 N–H and O–H groups in total. The molecule has 2 fully saturated rings. The van der Waals surface area contributed by atoms with Gasteiger partial charge >= 0.3 is 6.18 Å². The first-order valence-corrected chi connectivity index (χ1v) is 11.1. The number of hydrogen-bond donors (Lipinski definition) is 4. The maximum Gasteiger partial charge on any atom is 0.421 e. The van der Waals surface area contributed by atoms with E-state index in [0.717, 1.165) is 37.8 Å². The van der Waals surface area contributed by atoms with Crippen molar-refractivity contribution in [3.05, 3.63) is 35.3 Å². The molecule has 1 saturated carbocycles. The molecule has 1 aromatic heterocycles. The van der Waals surface area contributed by atoms with E-state index in [1.54, 1.807) is 0 Å². The molecule has 1 aromatic carbocycles. The molecule has 184 valence electrons. The summed E-state index contributed by atoms with van der Waals surface area (Å²) in [6.07, 6.45) is 0.454. The molecule has 0 atom stereocenters. The molecular weight excluding hydrogens is 458 g/mol. The number of ether oxygens (including phenoxy) is 1. The van der Waals surface area contributed by atoms with Crippen molar-refractivity contribution < 1.29 is 32.2 Å². The van der Waals surface area contributed by atoms with E-state index in [1.165, 1.54) is 0 Å². The van der Waals surface area contributed by atoms with Gasteiger partial charge in [0.2, 0.25) is 5.95 Å². The van der Waals surface area contributed by atoms with Gasteiger partial charge < -0.3 is 25.8 Å². The Morgan fingerprint density at radius 2 is 1.79 bits per heavy atom. The van der Waals surface area contributed by atoms with Crippen molar-refractivity contribution in [3.63, 3.8) is 0 Å². The van der Waals surface area contributed by atoms with Gasteiger partial charge in [-0.15, -0.1) is 0 Å². The van der Waals surface area contributed by atoms with Crippen molar-refractivity contribution in [3.8, 4) is 5.75 Å². The Balaban J connectivity index is 1.57. The normalized spacial score (nSPS) is 17.5. The number of carbonyl (C=O) groups is 1. The molecule has 34 heavy (non-hydrogen) atoms. The van der Waals surface area contributed by atoms with Gasteiger partial charge in [0.1, 0.15) is 22.9 Å². The highest BCUT2D eigenvalue weighted by molar-refractivity contribution is 5.96. The average molecular weight is 483 g/mol.